The number of nitrogens with two attached hydrogens (primary N) is 2. The lowest BCUT2D eigenvalue weighted by Crippen LogP contribution is -2.40. The molecule has 0 aromatic carbocycles. The maximum atomic E-state index is 11.2. The first kappa shape index (κ1) is 10.3. The lowest BCUT2D eigenvalue weighted by Gasteiger charge is -2.16. The molecular formula is C6H14N4O2S. The summed E-state index contributed by atoms with van der Waals surface area (Å²) in [6.45, 7) is 1.75. The van der Waals surface area contributed by atoms with E-state index in [0.717, 1.165) is 0 Å². The van der Waals surface area contributed by atoms with Gasteiger partial charge in [0.25, 0.3) is 0 Å². The molecule has 1 unspecified atom stereocenters. The minimum absolute atomic E-state index is 0.0440. The maximum absolute atomic E-state index is 11.2. The van der Waals surface area contributed by atoms with E-state index in [4.69, 9.17) is 11.6 Å². The Bertz CT molecular complexity index is 324. The van der Waals surface area contributed by atoms with Crippen molar-refractivity contribution in [2.75, 3.05) is 11.5 Å². The zero-order chi connectivity index (χ0) is 10.1. The van der Waals surface area contributed by atoms with Crippen molar-refractivity contribution >= 4 is 15.8 Å². The molecule has 0 aromatic heterocycles. The largest absolute Gasteiger partial charge is 0.369 e. The SMILES string of the molecule is CC1(N=C(N)NN)CCS(=O)(=O)C1. The molecule has 0 bridgehead atoms. The number of rotatable bonds is 1. The zero-order valence-electron chi connectivity index (χ0n) is 7.45. The van der Waals surface area contributed by atoms with Crippen LogP contribution in [0.15, 0.2) is 4.99 Å². The van der Waals surface area contributed by atoms with Gasteiger partial charge in [-0.15, -0.1) is 0 Å². The van der Waals surface area contributed by atoms with Crippen molar-refractivity contribution in [3.63, 3.8) is 0 Å². The molecule has 1 heterocycles. The van der Waals surface area contributed by atoms with E-state index in [-0.39, 0.29) is 17.5 Å². The number of nitrogens with zero attached hydrogens (tertiary/aromatic N) is 1. The molecule has 1 atom stereocenters. The van der Waals surface area contributed by atoms with E-state index in [1.54, 1.807) is 6.92 Å². The summed E-state index contributed by atoms with van der Waals surface area (Å²) in [6.07, 6.45) is 0.498. The highest BCUT2D eigenvalue weighted by atomic mass is 32.2. The highest BCUT2D eigenvalue weighted by Gasteiger charge is 2.38. The highest BCUT2D eigenvalue weighted by molar-refractivity contribution is 7.91. The lowest BCUT2D eigenvalue weighted by molar-refractivity contribution is 0.530. The van der Waals surface area contributed by atoms with Gasteiger partial charge in [-0.05, 0) is 13.3 Å². The first-order chi connectivity index (χ1) is 5.87. The Balaban J connectivity index is 2.82. The van der Waals surface area contributed by atoms with Crippen LogP contribution in [0.1, 0.15) is 13.3 Å². The average Bonchev–Trinajstić information content (AvgIpc) is 2.25. The summed E-state index contributed by atoms with van der Waals surface area (Å²) in [5.41, 5.74) is 6.91. The average molecular weight is 206 g/mol. The fourth-order valence-corrected chi connectivity index (χ4v) is 3.46. The van der Waals surface area contributed by atoms with E-state index in [9.17, 15) is 8.42 Å². The van der Waals surface area contributed by atoms with Gasteiger partial charge in [0.2, 0.25) is 5.96 Å². The van der Waals surface area contributed by atoms with Gasteiger partial charge < -0.3 is 5.73 Å². The topological polar surface area (TPSA) is 111 Å². The van der Waals surface area contributed by atoms with Crippen molar-refractivity contribution < 1.29 is 8.42 Å². The normalized spacial score (nSPS) is 33.2. The maximum Gasteiger partial charge on any atom is 0.203 e. The van der Waals surface area contributed by atoms with Crippen molar-refractivity contribution in [1.82, 2.24) is 5.43 Å². The summed E-state index contributed by atoms with van der Waals surface area (Å²) >= 11 is 0. The Morgan fingerprint density at radius 2 is 2.23 bits per heavy atom. The molecule has 0 radical (unpaired) electrons. The molecule has 13 heavy (non-hydrogen) atoms. The number of guanidine groups is 1. The highest BCUT2D eigenvalue weighted by Crippen LogP contribution is 2.26. The van der Waals surface area contributed by atoms with Crippen LogP contribution >= 0.6 is 0 Å². The predicted octanol–water partition coefficient (Wildman–Crippen LogP) is -1.66. The van der Waals surface area contributed by atoms with Crippen LogP contribution in [0.5, 0.6) is 0 Å². The molecule has 1 aliphatic rings. The van der Waals surface area contributed by atoms with Crippen LogP contribution < -0.4 is 17.0 Å². The molecular weight excluding hydrogens is 192 g/mol. The Hall–Kier alpha value is -0.820. The van der Waals surface area contributed by atoms with Gasteiger partial charge in [0.1, 0.15) is 0 Å². The summed E-state index contributed by atoms with van der Waals surface area (Å²) in [5.74, 6) is 5.31. The Kier molecular flexibility index (Phi) is 2.49. The molecule has 0 saturated carbocycles. The molecule has 1 fully saturated rings. The molecule has 7 heteroatoms. The van der Waals surface area contributed by atoms with E-state index in [0.29, 0.717) is 6.42 Å². The van der Waals surface area contributed by atoms with E-state index in [1.165, 1.54) is 0 Å². The lowest BCUT2D eigenvalue weighted by atomic mass is 10.0. The smallest absolute Gasteiger partial charge is 0.203 e. The van der Waals surface area contributed by atoms with Crippen molar-refractivity contribution in [3.05, 3.63) is 0 Å². The summed E-state index contributed by atoms with van der Waals surface area (Å²) in [5, 5.41) is 0. The molecule has 1 rings (SSSR count). The number of hydrogen-bond acceptors (Lipinski definition) is 4. The number of hydrogen-bond donors (Lipinski definition) is 3. The van der Waals surface area contributed by atoms with Gasteiger partial charge in [-0.25, -0.2) is 19.3 Å². The van der Waals surface area contributed by atoms with Gasteiger partial charge in [-0.1, -0.05) is 0 Å². The molecule has 6 nitrogen and oxygen atoms in total. The summed E-state index contributed by atoms with van der Waals surface area (Å²) in [6, 6.07) is 0. The monoisotopic (exact) mass is 206 g/mol. The van der Waals surface area contributed by atoms with Crippen LogP contribution in [0.25, 0.3) is 0 Å². The second-order valence-electron chi connectivity index (χ2n) is 3.48. The molecule has 0 aliphatic carbocycles. The Morgan fingerprint density at radius 3 is 2.62 bits per heavy atom. The van der Waals surface area contributed by atoms with Crippen LogP contribution in [-0.4, -0.2) is 31.4 Å². The van der Waals surface area contributed by atoms with Crippen LogP contribution in [0.4, 0.5) is 0 Å². The van der Waals surface area contributed by atoms with E-state index < -0.39 is 15.4 Å². The fourth-order valence-electron chi connectivity index (χ4n) is 1.40. The number of nitrogens with one attached hydrogen (secondary N) is 1. The molecule has 5 N–H and O–H groups in total. The summed E-state index contributed by atoms with van der Waals surface area (Å²) in [4.78, 5) is 4.00. The first-order valence-electron chi connectivity index (χ1n) is 3.89. The van der Waals surface area contributed by atoms with Crippen LogP contribution in [-0.2, 0) is 9.84 Å². The second-order valence-corrected chi connectivity index (χ2v) is 5.66. The van der Waals surface area contributed by atoms with E-state index in [2.05, 4.69) is 10.4 Å². The van der Waals surface area contributed by atoms with Crippen molar-refractivity contribution in [1.29, 1.82) is 0 Å². The fraction of sp³-hybridized carbons (Fsp3) is 0.833. The molecule has 0 aromatic rings. The van der Waals surface area contributed by atoms with Gasteiger partial charge in [-0.3, -0.25) is 5.43 Å². The van der Waals surface area contributed by atoms with E-state index in [1.807, 2.05) is 0 Å². The van der Waals surface area contributed by atoms with Crippen LogP contribution in [0.3, 0.4) is 0 Å². The molecule has 1 aliphatic heterocycles. The molecule has 1 saturated heterocycles. The zero-order valence-corrected chi connectivity index (χ0v) is 8.26. The predicted molar refractivity (Wildman–Crippen MR) is 50.6 cm³/mol. The first-order valence-corrected chi connectivity index (χ1v) is 5.71. The second kappa shape index (κ2) is 3.15. The summed E-state index contributed by atoms with van der Waals surface area (Å²) < 4.78 is 22.3. The number of hydrazine groups is 1. The number of aliphatic imine (C=N–C) groups is 1. The molecule has 0 amide bonds. The minimum atomic E-state index is -2.94. The van der Waals surface area contributed by atoms with Crippen molar-refractivity contribution in [3.8, 4) is 0 Å². The van der Waals surface area contributed by atoms with Crippen LogP contribution in [0, 0.1) is 0 Å². The Labute approximate surface area is 77.3 Å². The van der Waals surface area contributed by atoms with Gasteiger partial charge in [0.15, 0.2) is 9.84 Å². The number of sulfone groups is 1. The van der Waals surface area contributed by atoms with Gasteiger partial charge in [0.05, 0.1) is 17.0 Å². The Morgan fingerprint density at radius 1 is 1.62 bits per heavy atom. The summed E-state index contributed by atoms with van der Waals surface area (Å²) in [7, 11) is -2.94. The third-order valence-corrected chi connectivity index (χ3v) is 3.91. The van der Waals surface area contributed by atoms with Crippen molar-refractivity contribution in [2.24, 2.45) is 16.6 Å². The quantitative estimate of drug-likeness (QED) is 0.206. The van der Waals surface area contributed by atoms with Crippen LogP contribution in [0.2, 0.25) is 0 Å². The molecule has 0 spiro atoms. The van der Waals surface area contributed by atoms with Crippen molar-refractivity contribution in [2.45, 2.75) is 18.9 Å². The minimum Gasteiger partial charge on any atom is -0.369 e. The third kappa shape index (κ3) is 2.56. The molecule has 76 valence electrons. The standard InChI is InChI=1S/C6H14N4O2S/c1-6(9-5(7)10-8)2-3-13(11,12)4-6/h2-4,8H2,1H3,(H3,7,9,10). The van der Waals surface area contributed by atoms with E-state index >= 15 is 0 Å². The van der Waals surface area contributed by atoms with Gasteiger partial charge >= 0.3 is 0 Å². The van der Waals surface area contributed by atoms with Gasteiger partial charge in [-0.2, -0.15) is 0 Å². The third-order valence-electron chi connectivity index (χ3n) is 2.02. The van der Waals surface area contributed by atoms with Gasteiger partial charge in [0, 0.05) is 0 Å².